The monoisotopic (exact) mass is 323 g/mol. The molecule has 0 aliphatic carbocycles. The van der Waals surface area contributed by atoms with E-state index in [1.807, 2.05) is 37.6 Å². The molecule has 1 fully saturated rings. The fourth-order valence-corrected chi connectivity index (χ4v) is 3.90. The number of nitrogens with zero attached hydrogens (tertiary/aromatic N) is 1. The highest BCUT2D eigenvalue weighted by atomic mass is 32.2. The first-order chi connectivity index (χ1) is 10.4. The minimum absolute atomic E-state index is 0.00323. The van der Waals surface area contributed by atoms with E-state index in [-0.39, 0.29) is 12.5 Å². The number of aryl methyl sites for hydroxylation is 2. The number of carboxylic acid groups (broad SMARTS) is 1. The highest BCUT2D eigenvalue weighted by Crippen LogP contribution is 2.27. The van der Waals surface area contributed by atoms with Gasteiger partial charge in [-0.05, 0) is 49.3 Å². The largest absolute Gasteiger partial charge is 0.481 e. The Morgan fingerprint density at radius 1 is 1.36 bits per heavy atom. The Morgan fingerprint density at radius 2 is 2.00 bits per heavy atom. The minimum atomic E-state index is -1.02. The average Bonchev–Trinajstić information content (AvgIpc) is 2.98. The van der Waals surface area contributed by atoms with Crippen LogP contribution in [0.15, 0.2) is 12.1 Å². The van der Waals surface area contributed by atoms with Gasteiger partial charge in [-0.3, -0.25) is 4.79 Å². The lowest BCUT2D eigenvalue weighted by Gasteiger charge is -2.24. The second-order valence-corrected chi connectivity index (χ2v) is 6.70. The van der Waals surface area contributed by atoms with E-state index in [1.54, 1.807) is 12.1 Å². The van der Waals surface area contributed by atoms with Crippen LogP contribution in [0.25, 0.3) is 0 Å². The van der Waals surface area contributed by atoms with Crippen LogP contribution in [0.3, 0.4) is 0 Å². The number of ether oxygens (including phenoxy) is 1. The molecule has 5 nitrogen and oxygen atoms in total. The third-order valence-corrected chi connectivity index (χ3v) is 4.97. The first-order valence-electron chi connectivity index (χ1n) is 7.21. The summed E-state index contributed by atoms with van der Waals surface area (Å²) in [5, 5.41) is 8.71. The van der Waals surface area contributed by atoms with Gasteiger partial charge < -0.3 is 14.7 Å². The van der Waals surface area contributed by atoms with E-state index in [4.69, 9.17) is 9.84 Å². The second kappa shape index (κ2) is 7.05. The van der Waals surface area contributed by atoms with Gasteiger partial charge >= 0.3 is 5.97 Å². The molecule has 0 radical (unpaired) electrons. The van der Waals surface area contributed by atoms with Crippen molar-refractivity contribution in [2.75, 3.05) is 25.2 Å². The van der Waals surface area contributed by atoms with E-state index in [1.165, 1.54) is 0 Å². The summed E-state index contributed by atoms with van der Waals surface area (Å²) in [6.07, 6.45) is 1.03. The van der Waals surface area contributed by atoms with E-state index in [0.717, 1.165) is 29.1 Å². The molecule has 0 spiro atoms. The zero-order valence-electron chi connectivity index (χ0n) is 13.1. The predicted molar refractivity (Wildman–Crippen MR) is 86.9 cm³/mol. The van der Waals surface area contributed by atoms with Crippen LogP contribution in [-0.4, -0.2) is 53.1 Å². The maximum absolute atomic E-state index is 12.6. The van der Waals surface area contributed by atoms with Crippen LogP contribution >= 0.6 is 11.8 Å². The molecule has 2 rings (SSSR count). The Hall–Kier alpha value is -1.69. The van der Waals surface area contributed by atoms with Gasteiger partial charge in [0, 0.05) is 24.4 Å². The summed E-state index contributed by atoms with van der Waals surface area (Å²) in [5.41, 5.74) is 2.18. The summed E-state index contributed by atoms with van der Waals surface area (Å²) in [6.45, 7) is 3.27. The Morgan fingerprint density at radius 3 is 2.50 bits per heavy atom. The molecule has 6 heteroatoms. The number of thioether (sulfide) groups is 1. The number of amides is 1. The van der Waals surface area contributed by atoms with Crippen molar-refractivity contribution in [3.05, 3.63) is 28.8 Å². The Bertz CT molecular complexity index is 559. The van der Waals surface area contributed by atoms with Crippen molar-refractivity contribution in [2.24, 2.45) is 0 Å². The topological polar surface area (TPSA) is 66.8 Å². The van der Waals surface area contributed by atoms with Crippen LogP contribution in [0.1, 0.15) is 27.9 Å². The summed E-state index contributed by atoms with van der Waals surface area (Å²) < 4.78 is 5.30. The summed E-state index contributed by atoms with van der Waals surface area (Å²) in [6, 6.07) is 3.83. The maximum atomic E-state index is 12.6. The summed E-state index contributed by atoms with van der Waals surface area (Å²) in [5.74, 6) is 1.61. The SMILES string of the molecule is Cc1cc(C(=O)N(C)C2CCSC2)cc(C)c1OCC(=O)O. The van der Waals surface area contributed by atoms with Gasteiger partial charge in [0.25, 0.3) is 5.91 Å². The van der Waals surface area contributed by atoms with Gasteiger partial charge in [0.2, 0.25) is 0 Å². The number of rotatable bonds is 5. The quantitative estimate of drug-likeness (QED) is 0.901. The van der Waals surface area contributed by atoms with Crippen molar-refractivity contribution >= 4 is 23.6 Å². The summed E-state index contributed by atoms with van der Waals surface area (Å²) in [7, 11) is 1.85. The van der Waals surface area contributed by atoms with Crippen molar-refractivity contribution in [3.8, 4) is 5.75 Å². The Balaban J connectivity index is 2.18. The lowest BCUT2D eigenvalue weighted by Crippen LogP contribution is -2.37. The highest BCUT2D eigenvalue weighted by Gasteiger charge is 2.25. The molecule has 1 saturated heterocycles. The van der Waals surface area contributed by atoms with E-state index in [2.05, 4.69) is 0 Å². The van der Waals surface area contributed by atoms with Gasteiger partial charge in [-0.25, -0.2) is 4.79 Å². The van der Waals surface area contributed by atoms with Crippen LogP contribution in [0.2, 0.25) is 0 Å². The molecule has 1 atom stereocenters. The van der Waals surface area contributed by atoms with Gasteiger partial charge in [0.15, 0.2) is 6.61 Å². The lowest BCUT2D eigenvalue weighted by atomic mass is 10.0. The first kappa shape index (κ1) is 16.7. The number of hydrogen-bond donors (Lipinski definition) is 1. The standard InChI is InChI=1S/C16H21NO4S/c1-10-6-12(7-11(2)15(10)21-8-14(18)19)16(20)17(3)13-4-5-22-9-13/h6-7,13H,4-5,8-9H2,1-3H3,(H,18,19). The van der Waals surface area contributed by atoms with Crippen LogP contribution in [0.5, 0.6) is 5.75 Å². The first-order valence-corrected chi connectivity index (χ1v) is 8.36. The van der Waals surface area contributed by atoms with Crippen molar-refractivity contribution in [2.45, 2.75) is 26.3 Å². The van der Waals surface area contributed by atoms with Gasteiger partial charge in [0.05, 0.1) is 0 Å². The van der Waals surface area contributed by atoms with Crippen LogP contribution in [-0.2, 0) is 4.79 Å². The normalized spacial score (nSPS) is 17.3. The zero-order valence-corrected chi connectivity index (χ0v) is 13.9. The molecule has 1 N–H and O–H groups in total. The van der Waals surface area contributed by atoms with Crippen LogP contribution in [0, 0.1) is 13.8 Å². The van der Waals surface area contributed by atoms with E-state index in [0.29, 0.717) is 17.4 Å². The molecule has 1 aliphatic heterocycles. The van der Waals surface area contributed by atoms with Crippen molar-refractivity contribution < 1.29 is 19.4 Å². The molecule has 120 valence electrons. The third kappa shape index (κ3) is 3.74. The predicted octanol–water partition coefficient (Wildman–Crippen LogP) is 2.34. The molecule has 1 aromatic rings. The highest BCUT2D eigenvalue weighted by molar-refractivity contribution is 7.99. The molecular weight excluding hydrogens is 302 g/mol. The zero-order chi connectivity index (χ0) is 16.3. The summed E-state index contributed by atoms with van der Waals surface area (Å²) >= 11 is 1.87. The van der Waals surface area contributed by atoms with Gasteiger partial charge in [0.1, 0.15) is 5.75 Å². The lowest BCUT2D eigenvalue weighted by molar-refractivity contribution is -0.139. The molecule has 1 aliphatic rings. The molecule has 0 bridgehead atoms. The smallest absolute Gasteiger partial charge is 0.341 e. The number of carboxylic acids is 1. The number of aliphatic carboxylic acids is 1. The molecule has 1 amide bonds. The van der Waals surface area contributed by atoms with Gasteiger partial charge in [-0.1, -0.05) is 0 Å². The van der Waals surface area contributed by atoms with Crippen LogP contribution < -0.4 is 4.74 Å². The fraction of sp³-hybridized carbons (Fsp3) is 0.500. The minimum Gasteiger partial charge on any atom is -0.481 e. The van der Waals surface area contributed by atoms with E-state index >= 15 is 0 Å². The van der Waals surface area contributed by atoms with E-state index < -0.39 is 5.97 Å². The number of carbonyl (C=O) groups excluding carboxylic acids is 1. The second-order valence-electron chi connectivity index (χ2n) is 5.56. The molecule has 22 heavy (non-hydrogen) atoms. The van der Waals surface area contributed by atoms with Crippen molar-refractivity contribution in [1.82, 2.24) is 4.90 Å². The fourth-order valence-electron chi connectivity index (χ4n) is 2.63. The van der Waals surface area contributed by atoms with Crippen molar-refractivity contribution in [3.63, 3.8) is 0 Å². The molecule has 0 saturated carbocycles. The summed E-state index contributed by atoms with van der Waals surface area (Å²) in [4.78, 5) is 25.0. The van der Waals surface area contributed by atoms with Crippen molar-refractivity contribution in [1.29, 1.82) is 0 Å². The number of benzene rings is 1. The third-order valence-electron chi connectivity index (χ3n) is 3.82. The Kier molecular flexibility index (Phi) is 5.34. The van der Waals surface area contributed by atoms with E-state index in [9.17, 15) is 9.59 Å². The molecule has 1 heterocycles. The molecule has 1 aromatic carbocycles. The van der Waals surface area contributed by atoms with Gasteiger partial charge in [-0.2, -0.15) is 11.8 Å². The number of hydrogen-bond acceptors (Lipinski definition) is 4. The van der Waals surface area contributed by atoms with Crippen LogP contribution in [0.4, 0.5) is 0 Å². The van der Waals surface area contributed by atoms with Gasteiger partial charge in [-0.15, -0.1) is 0 Å². The Labute approximate surface area is 134 Å². The average molecular weight is 323 g/mol. The molecule has 1 unspecified atom stereocenters. The number of carbonyl (C=O) groups is 2. The molecule has 0 aromatic heterocycles. The molecular formula is C16H21NO4S. The maximum Gasteiger partial charge on any atom is 0.341 e.